The Bertz CT molecular complexity index is 463. The van der Waals surface area contributed by atoms with Gasteiger partial charge in [-0.2, -0.15) is 0 Å². The van der Waals surface area contributed by atoms with Crippen LogP contribution in [-0.2, 0) is 9.52 Å². The summed E-state index contributed by atoms with van der Waals surface area (Å²) < 4.78 is 11.3. The molecule has 0 aliphatic rings. The Balaban J connectivity index is 3.09. The highest BCUT2D eigenvalue weighted by molar-refractivity contribution is 8.01. The van der Waals surface area contributed by atoms with Crippen molar-refractivity contribution in [3.63, 3.8) is 0 Å². The molecule has 1 aromatic rings. The van der Waals surface area contributed by atoms with E-state index < -0.39 is 9.52 Å². The minimum Gasteiger partial charge on any atom is -0.289 e. The molecule has 0 bridgehead atoms. The van der Waals surface area contributed by atoms with Gasteiger partial charge in [0.25, 0.3) is 0 Å². The van der Waals surface area contributed by atoms with E-state index >= 15 is 0 Å². The lowest BCUT2D eigenvalue weighted by Gasteiger charge is -1.97. The molecule has 1 aromatic carbocycles. The molecule has 4 heteroatoms. The number of carbonyl (C=O) groups is 1. The zero-order valence-corrected chi connectivity index (χ0v) is 9.56. The Kier molecular flexibility index (Phi) is 3.34. The first-order chi connectivity index (χ1) is 6.38. The van der Waals surface area contributed by atoms with Crippen molar-refractivity contribution in [2.45, 2.75) is 0 Å². The predicted molar refractivity (Wildman–Crippen MR) is 61.8 cm³/mol. The monoisotopic (exact) mass is 230 g/mol. The summed E-state index contributed by atoms with van der Waals surface area (Å²) in [5.41, 5.74) is 0.467. The average Bonchev–Trinajstić information content (AvgIpc) is 2.01. The van der Waals surface area contributed by atoms with Gasteiger partial charge in [0.2, 0.25) is 0 Å². The van der Waals surface area contributed by atoms with Gasteiger partial charge in [0.05, 0.1) is 0 Å². The van der Waals surface area contributed by atoms with E-state index in [0.29, 0.717) is 10.6 Å². The van der Waals surface area contributed by atoms with Crippen LogP contribution in [0.3, 0.4) is 0 Å². The SMILES string of the molecule is CS(C)(=O)=CC(=O)c1cccc(Cl)c1. The van der Waals surface area contributed by atoms with E-state index in [9.17, 15) is 9.00 Å². The normalized spacial score (nSPS) is 11.1. The Morgan fingerprint density at radius 2 is 2.07 bits per heavy atom. The summed E-state index contributed by atoms with van der Waals surface area (Å²) >= 11 is 5.72. The summed E-state index contributed by atoms with van der Waals surface area (Å²) in [5.74, 6) is -0.248. The van der Waals surface area contributed by atoms with Crippen LogP contribution in [0.5, 0.6) is 0 Å². The smallest absolute Gasteiger partial charge is 0.193 e. The summed E-state index contributed by atoms with van der Waals surface area (Å²) in [4.78, 5) is 11.5. The second-order valence-corrected chi connectivity index (χ2v) is 6.59. The molecule has 0 radical (unpaired) electrons. The Morgan fingerprint density at radius 3 is 2.57 bits per heavy atom. The number of Topliss-reactive ketones (excluding diaryl/α,β-unsaturated/α-hetero) is 1. The summed E-state index contributed by atoms with van der Waals surface area (Å²) in [7, 11) is -2.15. The third-order valence-corrected chi connectivity index (χ3v) is 2.52. The number of rotatable bonds is 2. The summed E-state index contributed by atoms with van der Waals surface area (Å²) in [6.45, 7) is 0. The van der Waals surface area contributed by atoms with Gasteiger partial charge in [-0.25, -0.2) is 0 Å². The van der Waals surface area contributed by atoms with E-state index in [1.165, 1.54) is 17.9 Å². The zero-order valence-electron chi connectivity index (χ0n) is 7.99. The fraction of sp³-hybridized carbons (Fsp3) is 0.200. The van der Waals surface area contributed by atoms with Gasteiger partial charge in [0, 0.05) is 28.5 Å². The number of halogens is 1. The molecule has 0 unspecified atom stereocenters. The molecule has 0 amide bonds. The Hall–Kier alpha value is -0.800. The molecule has 0 saturated carbocycles. The second-order valence-electron chi connectivity index (χ2n) is 3.30. The molecule has 14 heavy (non-hydrogen) atoms. The highest BCUT2D eigenvalue weighted by atomic mass is 35.5. The minimum absolute atomic E-state index is 0.248. The van der Waals surface area contributed by atoms with Crippen LogP contribution in [0.4, 0.5) is 0 Å². The lowest BCUT2D eigenvalue weighted by molar-refractivity contribution is 0.107. The quantitative estimate of drug-likeness (QED) is 0.574. The summed E-state index contributed by atoms with van der Waals surface area (Å²) in [5, 5.41) is 1.74. The summed E-state index contributed by atoms with van der Waals surface area (Å²) in [6, 6.07) is 6.59. The fourth-order valence-corrected chi connectivity index (χ4v) is 1.81. The molecular formula is C10H11ClO2S. The van der Waals surface area contributed by atoms with E-state index in [1.54, 1.807) is 24.3 Å². The van der Waals surface area contributed by atoms with Crippen molar-refractivity contribution in [3.8, 4) is 0 Å². The van der Waals surface area contributed by atoms with Crippen molar-refractivity contribution >= 4 is 32.3 Å². The third-order valence-electron chi connectivity index (χ3n) is 1.50. The topological polar surface area (TPSA) is 34.1 Å². The molecule has 0 atom stereocenters. The number of hydrogen-bond acceptors (Lipinski definition) is 2. The Morgan fingerprint density at radius 1 is 1.43 bits per heavy atom. The van der Waals surface area contributed by atoms with E-state index in [2.05, 4.69) is 0 Å². The van der Waals surface area contributed by atoms with E-state index in [0.717, 1.165) is 0 Å². The maximum absolute atomic E-state index is 11.5. The van der Waals surface area contributed by atoms with Crippen LogP contribution in [0.1, 0.15) is 10.4 Å². The van der Waals surface area contributed by atoms with Crippen molar-refractivity contribution in [1.29, 1.82) is 0 Å². The molecule has 0 aliphatic heterocycles. The first-order valence-corrected chi connectivity index (χ1v) is 6.79. The first-order valence-electron chi connectivity index (χ1n) is 3.97. The largest absolute Gasteiger partial charge is 0.289 e. The zero-order chi connectivity index (χ0) is 10.8. The van der Waals surface area contributed by atoms with Gasteiger partial charge in [0.15, 0.2) is 5.78 Å². The molecule has 0 saturated heterocycles. The standard InChI is InChI=1S/C10H11ClO2S/c1-14(2,13)7-10(12)8-4-3-5-9(11)6-8/h3-7H,1-2H3. The van der Waals surface area contributed by atoms with Crippen LogP contribution < -0.4 is 0 Å². The van der Waals surface area contributed by atoms with E-state index in [4.69, 9.17) is 11.6 Å². The highest BCUT2D eigenvalue weighted by Crippen LogP contribution is 2.10. The van der Waals surface area contributed by atoms with Gasteiger partial charge >= 0.3 is 0 Å². The molecule has 0 heterocycles. The molecule has 0 fully saturated rings. The van der Waals surface area contributed by atoms with Crippen LogP contribution >= 0.6 is 11.6 Å². The van der Waals surface area contributed by atoms with Crippen molar-refractivity contribution in [1.82, 2.24) is 0 Å². The predicted octanol–water partition coefficient (Wildman–Crippen LogP) is 1.87. The average molecular weight is 231 g/mol. The van der Waals surface area contributed by atoms with Crippen molar-refractivity contribution in [3.05, 3.63) is 34.9 Å². The highest BCUT2D eigenvalue weighted by Gasteiger charge is 2.04. The van der Waals surface area contributed by atoms with Gasteiger partial charge in [-0.15, -0.1) is 0 Å². The number of hydrogen-bond donors (Lipinski definition) is 0. The molecule has 0 N–H and O–H groups in total. The van der Waals surface area contributed by atoms with Crippen LogP contribution in [0.15, 0.2) is 24.3 Å². The summed E-state index contributed by atoms with van der Waals surface area (Å²) in [6.07, 6.45) is 3.05. The lowest BCUT2D eigenvalue weighted by Crippen LogP contribution is -2.08. The van der Waals surface area contributed by atoms with Crippen LogP contribution in [-0.4, -0.2) is 27.9 Å². The fourth-order valence-electron chi connectivity index (χ4n) is 0.968. The maximum Gasteiger partial charge on any atom is 0.193 e. The van der Waals surface area contributed by atoms with Crippen molar-refractivity contribution < 1.29 is 9.00 Å². The Labute approximate surface area is 88.9 Å². The maximum atomic E-state index is 11.5. The van der Waals surface area contributed by atoms with Crippen molar-refractivity contribution in [2.24, 2.45) is 0 Å². The van der Waals surface area contributed by atoms with E-state index in [1.807, 2.05) is 0 Å². The molecule has 1 rings (SSSR count). The molecule has 0 aromatic heterocycles. The van der Waals surface area contributed by atoms with Crippen molar-refractivity contribution in [2.75, 3.05) is 12.5 Å². The molecule has 0 spiro atoms. The molecule has 76 valence electrons. The van der Waals surface area contributed by atoms with Gasteiger partial charge < -0.3 is 0 Å². The van der Waals surface area contributed by atoms with Gasteiger partial charge in [-0.3, -0.25) is 9.00 Å². The first kappa shape index (κ1) is 11.3. The number of carbonyl (C=O) groups excluding carboxylic acids is 1. The number of ketones is 1. The van der Waals surface area contributed by atoms with Gasteiger partial charge in [0.1, 0.15) is 0 Å². The van der Waals surface area contributed by atoms with Crippen LogP contribution in [0, 0.1) is 0 Å². The van der Waals surface area contributed by atoms with E-state index in [-0.39, 0.29) is 5.78 Å². The van der Waals surface area contributed by atoms with Crippen LogP contribution in [0.2, 0.25) is 5.02 Å². The molecular weight excluding hydrogens is 220 g/mol. The second kappa shape index (κ2) is 4.15. The van der Waals surface area contributed by atoms with Gasteiger partial charge in [-0.1, -0.05) is 23.7 Å². The molecule has 2 nitrogen and oxygen atoms in total. The third kappa shape index (κ3) is 3.52. The molecule has 0 aliphatic carbocycles. The van der Waals surface area contributed by atoms with Gasteiger partial charge in [-0.05, 0) is 21.7 Å². The lowest BCUT2D eigenvalue weighted by atomic mass is 10.2. The number of benzene rings is 1. The minimum atomic E-state index is -2.15. The van der Waals surface area contributed by atoms with Crippen LogP contribution in [0.25, 0.3) is 0 Å².